The molecule has 0 spiro atoms. The molecule has 3 N–H and O–H groups in total. The number of aryl methyl sites for hydroxylation is 1. The van der Waals surface area contributed by atoms with Gasteiger partial charge in [-0.25, -0.2) is 0 Å². The van der Waals surface area contributed by atoms with Crippen LogP contribution in [0.2, 0.25) is 0 Å². The molecule has 2 aromatic rings. The van der Waals surface area contributed by atoms with Crippen molar-refractivity contribution in [3.05, 3.63) is 46.4 Å². The largest absolute Gasteiger partial charge is 0.357 e. The van der Waals surface area contributed by atoms with Crippen molar-refractivity contribution in [3.8, 4) is 0 Å². The highest BCUT2D eigenvalue weighted by Gasteiger charge is 2.07. The van der Waals surface area contributed by atoms with Crippen LogP contribution in [0.5, 0.6) is 0 Å². The van der Waals surface area contributed by atoms with E-state index in [4.69, 9.17) is 0 Å². The molecule has 0 bridgehead atoms. The van der Waals surface area contributed by atoms with Crippen LogP contribution in [-0.4, -0.2) is 16.8 Å². The molecule has 0 radical (unpaired) electrons. The second-order valence-electron chi connectivity index (χ2n) is 3.72. The lowest BCUT2D eigenvalue weighted by atomic mass is 10.2. The van der Waals surface area contributed by atoms with Gasteiger partial charge in [-0.05, 0) is 40.9 Å². The number of nitrogens with one attached hydrogen (secondary N) is 3. The lowest BCUT2D eigenvalue weighted by molar-refractivity contribution is -0.121. The van der Waals surface area contributed by atoms with Gasteiger partial charge in [0, 0.05) is 12.6 Å². The highest BCUT2D eigenvalue weighted by Crippen LogP contribution is 2.07. The van der Waals surface area contributed by atoms with Crippen molar-refractivity contribution in [2.75, 3.05) is 0 Å². The van der Waals surface area contributed by atoms with Crippen LogP contribution in [-0.2, 0) is 11.2 Å². The van der Waals surface area contributed by atoms with Gasteiger partial charge in [0.2, 0.25) is 5.91 Å². The summed E-state index contributed by atoms with van der Waals surface area (Å²) in [6, 6.07) is 5.33. The topological polar surface area (TPSA) is 74.0 Å². The molecule has 0 aliphatic carbocycles. The van der Waals surface area contributed by atoms with Gasteiger partial charge < -0.3 is 4.98 Å². The van der Waals surface area contributed by atoms with Gasteiger partial charge in [0.25, 0.3) is 5.91 Å². The maximum atomic E-state index is 11.5. The molecule has 2 aromatic heterocycles. The second-order valence-corrected chi connectivity index (χ2v) is 4.50. The number of aromatic amines is 1. The Morgan fingerprint density at radius 3 is 2.83 bits per heavy atom. The zero-order valence-electron chi connectivity index (χ0n) is 9.60. The van der Waals surface area contributed by atoms with Crippen LogP contribution in [0.15, 0.2) is 35.2 Å². The number of rotatable bonds is 4. The molecule has 0 aliphatic rings. The summed E-state index contributed by atoms with van der Waals surface area (Å²) in [5.41, 5.74) is 6.27. The van der Waals surface area contributed by atoms with Crippen molar-refractivity contribution in [3.63, 3.8) is 0 Å². The SMILES string of the molecule is O=C(CCc1ccsc1)NNC(=O)c1ccc[nH]1. The van der Waals surface area contributed by atoms with Gasteiger partial charge in [0.1, 0.15) is 5.69 Å². The molecule has 2 amide bonds. The van der Waals surface area contributed by atoms with E-state index >= 15 is 0 Å². The second kappa shape index (κ2) is 6.02. The number of thiophene rings is 1. The lowest BCUT2D eigenvalue weighted by Crippen LogP contribution is -2.41. The van der Waals surface area contributed by atoms with Crippen molar-refractivity contribution in [1.29, 1.82) is 0 Å². The number of H-pyrrole nitrogens is 1. The monoisotopic (exact) mass is 263 g/mol. The fraction of sp³-hybridized carbons (Fsp3) is 0.167. The fourth-order valence-electron chi connectivity index (χ4n) is 1.42. The number of hydrazine groups is 1. The third kappa shape index (κ3) is 3.46. The van der Waals surface area contributed by atoms with Gasteiger partial charge in [-0.1, -0.05) is 0 Å². The van der Waals surface area contributed by atoms with Crippen molar-refractivity contribution < 1.29 is 9.59 Å². The Morgan fingerprint density at radius 2 is 2.17 bits per heavy atom. The summed E-state index contributed by atoms with van der Waals surface area (Å²) < 4.78 is 0. The molecule has 0 fully saturated rings. The van der Waals surface area contributed by atoms with E-state index in [9.17, 15) is 9.59 Å². The summed E-state index contributed by atoms with van der Waals surface area (Å²) in [5, 5.41) is 3.98. The van der Waals surface area contributed by atoms with E-state index < -0.39 is 0 Å². The molecule has 0 aliphatic heterocycles. The first kappa shape index (κ1) is 12.4. The van der Waals surface area contributed by atoms with E-state index in [1.165, 1.54) is 0 Å². The molecule has 2 rings (SSSR count). The number of carbonyl (C=O) groups excluding carboxylic acids is 2. The molecule has 5 nitrogen and oxygen atoms in total. The van der Waals surface area contributed by atoms with Gasteiger partial charge in [-0.15, -0.1) is 0 Å². The van der Waals surface area contributed by atoms with Crippen LogP contribution in [0, 0.1) is 0 Å². The zero-order chi connectivity index (χ0) is 12.8. The predicted octanol–water partition coefficient (Wildman–Crippen LogP) is 1.47. The van der Waals surface area contributed by atoms with E-state index in [0.717, 1.165) is 5.56 Å². The summed E-state index contributed by atoms with van der Waals surface area (Å²) in [5.74, 6) is -0.565. The normalized spacial score (nSPS) is 10.0. The van der Waals surface area contributed by atoms with Crippen LogP contribution in [0.1, 0.15) is 22.5 Å². The van der Waals surface area contributed by atoms with Crippen LogP contribution in [0.4, 0.5) is 0 Å². The molecule has 0 saturated carbocycles. The summed E-state index contributed by atoms with van der Waals surface area (Å²) in [6.45, 7) is 0. The minimum absolute atomic E-state index is 0.207. The highest BCUT2D eigenvalue weighted by molar-refractivity contribution is 7.07. The van der Waals surface area contributed by atoms with E-state index in [0.29, 0.717) is 18.5 Å². The van der Waals surface area contributed by atoms with Crippen LogP contribution >= 0.6 is 11.3 Å². The average Bonchev–Trinajstić information content (AvgIpc) is 3.05. The van der Waals surface area contributed by atoms with Crippen molar-refractivity contribution >= 4 is 23.2 Å². The van der Waals surface area contributed by atoms with Crippen LogP contribution in [0.3, 0.4) is 0 Å². The molecule has 0 unspecified atom stereocenters. The molecular formula is C12H13N3O2S. The average molecular weight is 263 g/mol. The maximum absolute atomic E-state index is 11.5. The zero-order valence-corrected chi connectivity index (χ0v) is 10.4. The Hall–Kier alpha value is -2.08. The highest BCUT2D eigenvalue weighted by atomic mass is 32.1. The van der Waals surface area contributed by atoms with Crippen LogP contribution < -0.4 is 10.9 Å². The van der Waals surface area contributed by atoms with Gasteiger partial charge in [0.05, 0.1) is 0 Å². The molecule has 0 atom stereocenters. The first-order valence-electron chi connectivity index (χ1n) is 5.49. The molecule has 2 heterocycles. The number of hydrogen-bond donors (Lipinski definition) is 3. The summed E-state index contributed by atoms with van der Waals surface area (Å²) in [4.78, 5) is 25.7. The van der Waals surface area contributed by atoms with Crippen LogP contribution in [0.25, 0.3) is 0 Å². The van der Waals surface area contributed by atoms with Crippen molar-refractivity contribution in [2.45, 2.75) is 12.8 Å². The smallest absolute Gasteiger partial charge is 0.286 e. The maximum Gasteiger partial charge on any atom is 0.286 e. The van der Waals surface area contributed by atoms with Gasteiger partial charge in [0.15, 0.2) is 0 Å². The number of amides is 2. The molecule has 0 saturated heterocycles. The number of carbonyl (C=O) groups is 2. The fourth-order valence-corrected chi connectivity index (χ4v) is 2.12. The van der Waals surface area contributed by atoms with E-state index in [2.05, 4.69) is 15.8 Å². The molecule has 18 heavy (non-hydrogen) atoms. The standard InChI is InChI=1S/C12H13N3O2S/c16-11(4-3-9-5-7-18-8-9)14-15-12(17)10-2-1-6-13-10/h1-2,5-8,13H,3-4H2,(H,14,16)(H,15,17). The Balaban J connectivity index is 1.70. The van der Waals surface area contributed by atoms with Gasteiger partial charge in [-0.3, -0.25) is 20.4 Å². The number of aromatic nitrogens is 1. The Bertz CT molecular complexity index is 505. The van der Waals surface area contributed by atoms with E-state index in [1.807, 2.05) is 16.8 Å². The molecular weight excluding hydrogens is 250 g/mol. The van der Waals surface area contributed by atoms with E-state index in [1.54, 1.807) is 29.7 Å². The van der Waals surface area contributed by atoms with Gasteiger partial charge in [-0.2, -0.15) is 11.3 Å². The number of hydrogen-bond acceptors (Lipinski definition) is 3. The predicted molar refractivity (Wildman–Crippen MR) is 69.0 cm³/mol. The summed E-state index contributed by atoms with van der Waals surface area (Å²) >= 11 is 1.60. The van der Waals surface area contributed by atoms with Crippen molar-refractivity contribution in [2.24, 2.45) is 0 Å². The quantitative estimate of drug-likeness (QED) is 0.731. The minimum atomic E-state index is -0.358. The Kier molecular flexibility index (Phi) is 4.14. The Labute approximate surface area is 108 Å². The molecule has 0 aromatic carbocycles. The first-order chi connectivity index (χ1) is 8.75. The van der Waals surface area contributed by atoms with E-state index in [-0.39, 0.29) is 11.8 Å². The van der Waals surface area contributed by atoms with Gasteiger partial charge >= 0.3 is 0 Å². The Morgan fingerprint density at radius 1 is 1.28 bits per heavy atom. The van der Waals surface area contributed by atoms with Crippen molar-refractivity contribution in [1.82, 2.24) is 15.8 Å². The molecule has 6 heteroatoms. The summed E-state index contributed by atoms with van der Waals surface area (Å²) in [6.07, 6.45) is 2.67. The first-order valence-corrected chi connectivity index (χ1v) is 6.43. The minimum Gasteiger partial charge on any atom is -0.357 e. The summed E-state index contributed by atoms with van der Waals surface area (Å²) in [7, 11) is 0. The third-order valence-corrected chi connectivity index (χ3v) is 3.11. The molecule has 94 valence electrons. The lowest BCUT2D eigenvalue weighted by Gasteiger charge is -2.05. The third-order valence-electron chi connectivity index (χ3n) is 2.38.